The molecule has 0 radical (unpaired) electrons. The summed E-state index contributed by atoms with van der Waals surface area (Å²) in [5.74, 6) is -1.93. The molecule has 0 bridgehead atoms. The zero-order valence-corrected chi connectivity index (χ0v) is 14.3. The predicted molar refractivity (Wildman–Crippen MR) is 97.0 cm³/mol. The van der Waals surface area contributed by atoms with Crippen LogP contribution in [0.15, 0.2) is 47.3 Å². The first-order valence-electron chi connectivity index (χ1n) is 7.98. The molecule has 3 aromatic rings. The molecule has 6 nitrogen and oxygen atoms in total. The normalized spacial score (nSPS) is 10.1. The molecule has 0 saturated heterocycles. The molecule has 0 aliphatic rings. The molecular formula is C20H12F2N4O2. The Morgan fingerprint density at radius 3 is 2.46 bits per heavy atom. The largest absolute Gasteiger partial charge is 0.486 e. The van der Waals surface area contributed by atoms with E-state index in [2.05, 4.69) is 4.98 Å². The van der Waals surface area contributed by atoms with Crippen molar-refractivity contribution < 1.29 is 13.5 Å². The number of pyridine rings is 1. The van der Waals surface area contributed by atoms with E-state index in [4.69, 9.17) is 10.5 Å². The highest BCUT2D eigenvalue weighted by Gasteiger charge is 2.20. The second-order valence-corrected chi connectivity index (χ2v) is 5.74. The SMILES string of the molecule is N#Cc1c(N)[nH]c(=O)c(C#N)c1-c1ccccc1COc1ccc(F)cc1F. The second kappa shape index (κ2) is 7.60. The van der Waals surface area contributed by atoms with E-state index in [1.165, 1.54) is 0 Å². The lowest BCUT2D eigenvalue weighted by molar-refractivity contribution is 0.290. The van der Waals surface area contributed by atoms with Gasteiger partial charge in [0.1, 0.15) is 41.5 Å². The van der Waals surface area contributed by atoms with Crippen LogP contribution < -0.4 is 16.0 Å². The van der Waals surface area contributed by atoms with E-state index in [-0.39, 0.29) is 34.9 Å². The topological polar surface area (TPSA) is 116 Å². The highest BCUT2D eigenvalue weighted by atomic mass is 19.1. The van der Waals surface area contributed by atoms with E-state index in [0.29, 0.717) is 17.2 Å². The van der Waals surface area contributed by atoms with E-state index in [9.17, 15) is 24.1 Å². The van der Waals surface area contributed by atoms with Crippen molar-refractivity contribution in [2.45, 2.75) is 6.61 Å². The molecule has 0 atom stereocenters. The maximum atomic E-state index is 13.8. The quantitative estimate of drug-likeness (QED) is 0.723. The highest BCUT2D eigenvalue weighted by molar-refractivity contribution is 5.81. The molecule has 0 amide bonds. The van der Waals surface area contributed by atoms with E-state index >= 15 is 0 Å². The first-order valence-corrected chi connectivity index (χ1v) is 7.98. The summed E-state index contributed by atoms with van der Waals surface area (Å²) in [7, 11) is 0. The average molecular weight is 378 g/mol. The molecule has 3 N–H and O–H groups in total. The van der Waals surface area contributed by atoms with Crippen molar-refractivity contribution in [1.82, 2.24) is 4.98 Å². The maximum Gasteiger partial charge on any atom is 0.268 e. The van der Waals surface area contributed by atoms with Gasteiger partial charge in [0, 0.05) is 11.6 Å². The van der Waals surface area contributed by atoms with Gasteiger partial charge in [0.25, 0.3) is 5.56 Å². The van der Waals surface area contributed by atoms with Gasteiger partial charge >= 0.3 is 0 Å². The summed E-state index contributed by atoms with van der Waals surface area (Å²) in [5, 5.41) is 18.9. The molecule has 8 heteroatoms. The molecule has 1 heterocycles. The number of nitrogens with one attached hydrogen (secondary N) is 1. The van der Waals surface area contributed by atoms with Gasteiger partial charge in [-0.1, -0.05) is 24.3 Å². The Hall–Kier alpha value is -4.17. The number of aromatic amines is 1. The van der Waals surface area contributed by atoms with Gasteiger partial charge in [-0.15, -0.1) is 0 Å². The first-order chi connectivity index (χ1) is 13.5. The lowest BCUT2D eigenvalue weighted by atomic mass is 9.93. The third-order valence-electron chi connectivity index (χ3n) is 4.03. The third-order valence-corrected chi connectivity index (χ3v) is 4.03. The molecule has 1 aromatic heterocycles. The number of nitriles is 2. The van der Waals surface area contributed by atoms with Crippen LogP contribution >= 0.6 is 0 Å². The van der Waals surface area contributed by atoms with Crippen LogP contribution in [0, 0.1) is 34.3 Å². The van der Waals surface area contributed by atoms with Crippen molar-refractivity contribution in [3.05, 3.63) is 81.1 Å². The molecule has 0 aliphatic carbocycles. The van der Waals surface area contributed by atoms with Crippen LogP contribution in [0.3, 0.4) is 0 Å². The van der Waals surface area contributed by atoms with Crippen LogP contribution in [0.4, 0.5) is 14.6 Å². The monoisotopic (exact) mass is 378 g/mol. The van der Waals surface area contributed by atoms with Gasteiger partial charge in [-0.3, -0.25) is 4.79 Å². The minimum atomic E-state index is -0.867. The first kappa shape index (κ1) is 18.6. The minimum Gasteiger partial charge on any atom is -0.486 e. The summed E-state index contributed by atoms with van der Waals surface area (Å²) in [4.78, 5) is 14.4. The summed E-state index contributed by atoms with van der Waals surface area (Å²) < 4.78 is 32.3. The summed E-state index contributed by atoms with van der Waals surface area (Å²) in [6, 6.07) is 13.1. The number of aromatic nitrogens is 1. The van der Waals surface area contributed by atoms with Gasteiger partial charge in [0.05, 0.1) is 0 Å². The number of hydrogen-bond acceptors (Lipinski definition) is 5. The van der Waals surface area contributed by atoms with Crippen LogP contribution in [0.2, 0.25) is 0 Å². The van der Waals surface area contributed by atoms with Crippen molar-refractivity contribution in [3.63, 3.8) is 0 Å². The van der Waals surface area contributed by atoms with Gasteiger partial charge < -0.3 is 15.5 Å². The molecule has 28 heavy (non-hydrogen) atoms. The molecule has 3 rings (SSSR count). The Morgan fingerprint density at radius 2 is 1.79 bits per heavy atom. The average Bonchev–Trinajstić information content (AvgIpc) is 2.67. The smallest absolute Gasteiger partial charge is 0.268 e. The minimum absolute atomic E-state index is 0.0587. The van der Waals surface area contributed by atoms with Crippen molar-refractivity contribution in [1.29, 1.82) is 10.5 Å². The van der Waals surface area contributed by atoms with Crippen molar-refractivity contribution in [2.24, 2.45) is 0 Å². The van der Waals surface area contributed by atoms with Crippen molar-refractivity contribution in [2.75, 3.05) is 5.73 Å². The van der Waals surface area contributed by atoms with E-state index in [0.717, 1.165) is 12.1 Å². The fraction of sp³-hybridized carbons (Fsp3) is 0.0500. The van der Waals surface area contributed by atoms with Crippen LogP contribution in [-0.2, 0) is 6.61 Å². The number of H-pyrrole nitrogens is 1. The van der Waals surface area contributed by atoms with Crippen molar-refractivity contribution in [3.8, 4) is 29.0 Å². The van der Waals surface area contributed by atoms with Crippen LogP contribution in [0.25, 0.3) is 11.1 Å². The van der Waals surface area contributed by atoms with Crippen LogP contribution in [-0.4, -0.2) is 4.98 Å². The Morgan fingerprint density at radius 1 is 1.07 bits per heavy atom. The maximum absolute atomic E-state index is 13.8. The zero-order valence-electron chi connectivity index (χ0n) is 14.3. The zero-order chi connectivity index (χ0) is 20.3. The number of anilines is 1. The fourth-order valence-electron chi connectivity index (χ4n) is 2.75. The predicted octanol–water partition coefficient (Wildman–Crippen LogP) is 3.22. The van der Waals surface area contributed by atoms with Gasteiger partial charge in [-0.25, -0.2) is 8.78 Å². The van der Waals surface area contributed by atoms with Gasteiger partial charge in [-0.05, 0) is 23.3 Å². The van der Waals surface area contributed by atoms with E-state index in [1.54, 1.807) is 30.3 Å². The number of nitrogens with zero attached hydrogens (tertiary/aromatic N) is 2. The Kier molecular flexibility index (Phi) is 5.05. The standard InChI is InChI=1S/C20H12F2N4O2/c21-12-5-6-17(16(22)7-12)28-10-11-3-1-2-4-13(11)18-14(8-23)19(25)26-20(27)15(18)9-24/h1-7H,10H2,(H3,25,26,27). The Balaban J connectivity index is 2.11. The number of nitrogen functional groups attached to an aromatic ring is 1. The molecule has 0 spiro atoms. The second-order valence-electron chi connectivity index (χ2n) is 5.74. The lowest BCUT2D eigenvalue weighted by Crippen LogP contribution is -2.17. The van der Waals surface area contributed by atoms with E-state index < -0.39 is 17.2 Å². The number of halogens is 2. The fourth-order valence-corrected chi connectivity index (χ4v) is 2.75. The molecule has 0 fully saturated rings. The summed E-state index contributed by atoms with van der Waals surface area (Å²) in [6.45, 7) is -0.152. The van der Waals surface area contributed by atoms with Gasteiger partial charge in [0.15, 0.2) is 11.6 Å². The Bertz CT molecular complexity index is 1210. The summed E-state index contributed by atoms with van der Waals surface area (Å²) in [6.07, 6.45) is 0. The van der Waals surface area contributed by atoms with Gasteiger partial charge in [0.2, 0.25) is 0 Å². The Labute approximate surface area is 158 Å². The molecule has 0 saturated carbocycles. The summed E-state index contributed by atoms with van der Waals surface area (Å²) >= 11 is 0. The number of hydrogen-bond donors (Lipinski definition) is 2. The molecule has 0 unspecified atom stereocenters. The van der Waals surface area contributed by atoms with Crippen molar-refractivity contribution >= 4 is 5.82 Å². The van der Waals surface area contributed by atoms with Crippen LogP contribution in [0.5, 0.6) is 5.75 Å². The number of nitrogens with two attached hydrogens (primary N) is 1. The number of rotatable bonds is 4. The molecule has 2 aromatic carbocycles. The number of benzene rings is 2. The molecular weight excluding hydrogens is 366 g/mol. The summed E-state index contributed by atoms with van der Waals surface area (Å²) in [5.41, 5.74) is 5.60. The number of ether oxygens (including phenoxy) is 1. The lowest BCUT2D eigenvalue weighted by Gasteiger charge is -2.14. The molecule has 0 aliphatic heterocycles. The highest BCUT2D eigenvalue weighted by Crippen LogP contribution is 2.31. The van der Waals surface area contributed by atoms with E-state index in [1.807, 2.05) is 6.07 Å². The van der Waals surface area contributed by atoms with Gasteiger partial charge in [-0.2, -0.15) is 10.5 Å². The third kappa shape index (κ3) is 3.39. The molecule has 138 valence electrons. The van der Waals surface area contributed by atoms with Crippen LogP contribution in [0.1, 0.15) is 16.7 Å².